The van der Waals surface area contributed by atoms with E-state index in [1.807, 2.05) is 36.4 Å². The number of hydrogen-bond donors (Lipinski definition) is 2. The van der Waals surface area contributed by atoms with Gasteiger partial charge in [-0.05, 0) is 54.8 Å². The fourth-order valence-electron chi connectivity index (χ4n) is 6.05. The third kappa shape index (κ3) is 4.49. The summed E-state index contributed by atoms with van der Waals surface area (Å²) in [6, 6.07) is 15.9. The van der Waals surface area contributed by atoms with Gasteiger partial charge in [0, 0.05) is 31.2 Å². The average molecular weight is 558 g/mol. The molecule has 210 valence electrons. The van der Waals surface area contributed by atoms with E-state index >= 15 is 0 Å². The van der Waals surface area contributed by atoms with Crippen LogP contribution in [0.3, 0.4) is 0 Å². The quantitative estimate of drug-likeness (QED) is 0.342. The van der Waals surface area contributed by atoms with Gasteiger partial charge in [0.15, 0.2) is 5.65 Å². The van der Waals surface area contributed by atoms with E-state index in [2.05, 4.69) is 14.9 Å². The Balaban J connectivity index is 1.22. The molecule has 5 heterocycles. The summed E-state index contributed by atoms with van der Waals surface area (Å²) < 4.78 is 23.3. The SMILES string of the molecule is O=C(O)N1CCC(n2c(=O)[nH]c3cc(-c4cnc5ccc(N6CCOCC6c6cccc(F)c6)nn45)ccc32)CC1. The van der Waals surface area contributed by atoms with Crippen LogP contribution in [0.4, 0.5) is 15.0 Å². The number of H-pyrrole nitrogens is 1. The summed E-state index contributed by atoms with van der Waals surface area (Å²) in [6.07, 6.45) is 1.99. The van der Waals surface area contributed by atoms with Crippen LogP contribution in [0.15, 0.2) is 65.6 Å². The van der Waals surface area contributed by atoms with Gasteiger partial charge in [0.05, 0.1) is 42.2 Å². The lowest BCUT2D eigenvalue weighted by molar-refractivity contribution is 0.0935. The summed E-state index contributed by atoms with van der Waals surface area (Å²) in [6.45, 7) is 2.37. The van der Waals surface area contributed by atoms with E-state index in [4.69, 9.17) is 9.84 Å². The smallest absolute Gasteiger partial charge is 0.407 e. The summed E-state index contributed by atoms with van der Waals surface area (Å²) in [7, 11) is 0. The number of aromatic amines is 1. The molecular weight excluding hydrogens is 529 g/mol. The summed E-state index contributed by atoms with van der Waals surface area (Å²) >= 11 is 0. The molecule has 1 atom stereocenters. The third-order valence-corrected chi connectivity index (χ3v) is 8.12. The zero-order valence-electron chi connectivity index (χ0n) is 22.1. The molecule has 2 aliphatic heterocycles. The van der Waals surface area contributed by atoms with Gasteiger partial charge >= 0.3 is 11.8 Å². The molecule has 2 fully saturated rings. The van der Waals surface area contributed by atoms with E-state index in [0.717, 1.165) is 28.2 Å². The number of likely N-dealkylation sites (tertiary alicyclic amines) is 1. The predicted octanol–water partition coefficient (Wildman–Crippen LogP) is 4.07. The molecular formula is C29H28FN7O4. The van der Waals surface area contributed by atoms with Crippen LogP contribution in [-0.2, 0) is 4.74 Å². The molecule has 11 nitrogen and oxygen atoms in total. The molecule has 7 rings (SSSR count). The number of carboxylic acid groups (broad SMARTS) is 1. The minimum absolute atomic E-state index is 0.0720. The Morgan fingerprint density at radius 1 is 1.07 bits per heavy atom. The number of benzene rings is 2. The van der Waals surface area contributed by atoms with Crippen LogP contribution in [0.1, 0.15) is 30.5 Å². The summed E-state index contributed by atoms with van der Waals surface area (Å²) in [4.78, 5) is 35.3. The van der Waals surface area contributed by atoms with Crippen LogP contribution in [-0.4, -0.2) is 73.1 Å². The monoisotopic (exact) mass is 557 g/mol. The highest BCUT2D eigenvalue weighted by molar-refractivity contribution is 5.82. The second-order valence-corrected chi connectivity index (χ2v) is 10.5. The summed E-state index contributed by atoms with van der Waals surface area (Å²) in [5.41, 5.74) is 4.37. The van der Waals surface area contributed by atoms with E-state index in [0.29, 0.717) is 56.9 Å². The summed E-state index contributed by atoms with van der Waals surface area (Å²) in [5, 5.41) is 14.2. The molecule has 0 aliphatic carbocycles. The first kappa shape index (κ1) is 25.3. The lowest BCUT2D eigenvalue weighted by atomic mass is 10.0. The fraction of sp³-hybridized carbons (Fsp3) is 0.310. The van der Waals surface area contributed by atoms with Crippen molar-refractivity contribution >= 4 is 28.6 Å². The Hall–Kier alpha value is -4.71. The van der Waals surface area contributed by atoms with Crippen molar-refractivity contribution in [3.8, 4) is 11.3 Å². The molecule has 3 aromatic heterocycles. The number of rotatable bonds is 4. The van der Waals surface area contributed by atoms with Gasteiger partial charge in [0.2, 0.25) is 0 Å². The van der Waals surface area contributed by atoms with Crippen LogP contribution >= 0.6 is 0 Å². The number of anilines is 1. The van der Waals surface area contributed by atoms with Gasteiger partial charge < -0.3 is 24.6 Å². The van der Waals surface area contributed by atoms with Gasteiger partial charge in [0.1, 0.15) is 11.6 Å². The second kappa shape index (κ2) is 10.0. The van der Waals surface area contributed by atoms with Crippen LogP contribution in [0, 0.1) is 5.82 Å². The zero-order valence-corrected chi connectivity index (χ0v) is 22.1. The molecule has 2 saturated heterocycles. The number of hydrogen-bond acceptors (Lipinski definition) is 6. The maximum atomic E-state index is 14.0. The first-order valence-corrected chi connectivity index (χ1v) is 13.6. The molecule has 0 saturated carbocycles. The molecule has 2 aromatic carbocycles. The Kier molecular flexibility index (Phi) is 6.19. The Labute approximate surface area is 233 Å². The number of halogens is 1. The summed E-state index contributed by atoms with van der Waals surface area (Å²) in [5.74, 6) is 0.434. The van der Waals surface area contributed by atoms with Crippen molar-refractivity contribution in [2.75, 3.05) is 37.7 Å². The first-order valence-electron chi connectivity index (χ1n) is 13.6. The number of carbonyl (C=O) groups is 1. The van der Waals surface area contributed by atoms with Crippen LogP contribution < -0.4 is 10.6 Å². The number of morpholine rings is 1. The van der Waals surface area contributed by atoms with Crippen molar-refractivity contribution in [1.29, 1.82) is 0 Å². The molecule has 41 heavy (non-hydrogen) atoms. The number of nitrogens with one attached hydrogen (secondary N) is 1. The molecule has 0 radical (unpaired) electrons. The molecule has 0 bridgehead atoms. The Bertz CT molecular complexity index is 1820. The van der Waals surface area contributed by atoms with Gasteiger partial charge in [0.25, 0.3) is 0 Å². The largest absolute Gasteiger partial charge is 0.465 e. The van der Waals surface area contributed by atoms with Crippen LogP contribution in [0.2, 0.25) is 0 Å². The number of fused-ring (bicyclic) bond motifs is 2. The van der Waals surface area contributed by atoms with E-state index in [1.54, 1.807) is 21.3 Å². The minimum Gasteiger partial charge on any atom is -0.465 e. The van der Waals surface area contributed by atoms with Crippen molar-refractivity contribution in [2.45, 2.75) is 24.9 Å². The van der Waals surface area contributed by atoms with Crippen molar-refractivity contribution in [3.05, 3.63) is 82.7 Å². The topological polar surface area (TPSA) is 121 Å². The van der Waals surface area contributed by atoms with Gasteiger partial charge in [-0.2, -0.15) is 0 Å². The minimum atomic E-state index is -0.928. The van der Waals surface area contributed by atoms with Crippen molar-refractivity contribution < 1.29 is 19.0 Å². The zero-order chi connectivity index (χ0) is 28.1. The van der Waals surface area contributed by atoms with Crippen LogP contribution in [0.25, 0.3) is 27.9 Å². The molecule has 0 spiro atoms. The standard InChI is InChI=1S/C29H28FN7O4/c30-20-3-1-2-18(14-20)25-17-41-13-12-35(25)27-7-6-26-31-16-24(37(26)33-27)19-4-5-23-22(15-19)32-28(38)36(23)21-8-10-34(11-9-21)29(39)40/h1-7,14-16,21,25H,8-13,17H2,(H,32,38)(H,39,40). The number of nitrogens with zero attached hydrogens (tertiary/aromatic N) is 6. The molecule has 5 aromatic rings. The highest BCUT2D eigenvalue weighted by Gasteiger charge is 2.28. The van der Waals surface area contributed by atoms with E-state index in [1.165, 1.54) is 17.0 Å². The number of amides is 1. The third-order valence-electron chi connectivity index (χ3n) is 8.12. The highest BCUT2D eigenvalue weighted by atomic mass is 19.1. The van der Waals surface area contributed by atoms with E-state index < -0.39 is 6.09 Å². The highest BCUT2D eigenvalue weighted by Crippen LogP contribution is 2.31. The Morgan fingerprint density at radius 2 is 1.93 bits per heavy atom. The van der Waals surface area contributed by atoms with E-state index in [9.17, 15) is 19.1 Å². The molecule has 2 N–H and O–H groups in total. The van der Waals surface area contributed by atoms with E-state index in [-0.39, 0.29) is 23.6 Å². The molecule has 12 heteroatoms. The molecule has 1 unspecified atom stereocenters. The van der Waals surface area contributed by atoms with Gasteiger partial charge in [-0.15, -0.1) is 5.10 Å². The van der Waals surface area contributed by atoms with Gasteiger partial charge in [-0.25, -0.2) is 23.5 Å². The van der Waals surface area contributed by atoms with Crippen LogP contribution in [0.5, 0.6) is 0 Å². The first-order chi connectivity index (χ1) is 20.0. The lowest BCUT2D eigenvalue weighted by Gasteiger charge is -2.36. The lowest BCUT2D eigenvalue weighted by Crippen LogP contribution is -2.40. The number of imidazole rings is 2. The van der Waals surface area contributed by atoms with Crippen molar-refractivity contribution in [3.63, 3.8) is 0 Å². The second-order valence-electron chi connectivity index (χ2n) is 10.5. The number of aromatic nitrogens is 5. The Morgan fingerprint density at radius 3 is 2.73 bits per heavy atom. The average Bonchev–Trinajstić information content (AvgIpc) is 3.56. The molecule has 2 aliphatic rings. The molecule has 1 amide bonds. The fourth-order valence-corrected chi connectivity index (χ4v) is 6.05. The normalized spacial score (nSPS) is 18.4. The predicted molar refractivity (Wildman–Crippen MR) is 150 cm³/mol. The maximum Gasteiger partial charge on any atom is 0.407 e. The maximum absolute atomic E-state index is 14.0. The van der Waals surface area contributed by atoms with Gasteiger partial charge in [-0.3, -0.25) is 4.57 Å². The number of ether oxygens (including phenoxy) is 1. The number of piperidine rings is 1. The van der Waals surface area contributed by atoms with Crippen molar-refractivity contribution in [1.82, 2.24) is 29.0 Å². The van der Waals surface area contributed by atoms with Crippen molar-refractivity contribution in [2.24, 2.45) is 0 Å². The van der Waals surface area contributed by atoms with Gasteiger partial charge in [-0.1, -0.05) is 18.2 Å².